The fraction of sp³-hybridized carbons (Fsp3) is 0.154. The van der Waals surface area contributed by atoms with Crippen LogP contribution in [0.4, 0.5) is 0 Å². The van der Waals surface area contributed by atoms with Crippen molar-refractivity contribution in [1.29, 1.82) is 0 Å². The predicted molar refractivity (Wildman–Crippen MR) is 123 cm³/mol. The van der Waals surface area contributed by atoms with E-state index in [4.69, 9.17) is 25.8 Å². The first-order chi connectivity index (χ1) is 16.0. The maximum absolute atomic E-state index is 13.0. The van der Waals surface area contributed by atoms with E-state index < -0.39 is 5.97 Å². The Hall–Kier alpha value is -3.61. The van der Waals surface area contributed by atoms with E-state index in [-0.39, 0.29) is 11.5 Å². The molecule has 0 saturated heterocycles. The molecule has 2 heterocycles. The second-order valence-corrected chi connectivity index (χ2v) is 8.23. The van der Waals surface area contributed by atoms with Crippen LogP contribution in [0.5, 0.6) is 11.5 Å². The minimum absolute atomic E-state index is 0.187. The van der Waals surface area contributed by atoms with Crippen molar-refractivity contribution in [2.24, 2.45) is 0 Å². The average molecular weight is 462 g/mol. The van der Waals surface area contributed by atoms with Crippen LogP contribution in [-0.2, 0) is 17.8 Å². The third kappa shape index (κ3) is 4.11. The zero-order valence-electron chi connectivity index (χ0n) is 17.8. The van der Waals surface area contributed by atoms with Crippen molar-refractivity contribution < 1.29 is 23.8 Å². The normalized spacial score (nSPS) is 16.1. The van der Waals surface area contributed by atoms with Crippen molar-refractivity contribution in [2.75, 3.05) is 13.8 Å². The highest BCUT2D eigenvalue weighted by Crippen LogP contribution is 2.42. The third-order valence-electron chi connectivity index (χ3n) is 5.66. The van der Waals surface area contributed by atoms with Crippen molar-refractivity contribution in [3.63, 3.8) is 0 Å². The van der Waals surface area contributed by atoms with Gasteiger partial charge in [0.1, 0.15) is 18.2 Å². The first-order valence-electron chi connectivity index (χ1n) is 10.4. The summed E-state index contributed by atoms with van der Waals surface area (Å²) < 4.78 is 16.7. The van der Waals surface area contributed by atoms with Crippen LogP contribution in [0.2, 0.25) is 5.02 Å². The first kappa shape index (κ1) is 21.2. The van der Waals surface area contributed by atoms with Gasteiger partial charge < -0.3 is 14.2 Å². The Morgan fingerprint density at radius 2 is 1.91 bits per heavy atom. The zero-order valence-corrected chi connectivity index (χ0v) is 18.6. The van der Waals surface area contributed by atoms with Crippen LogP contribution >= 0.6 is 11.6 Å². The Balaban J connectivity index is 1.39. The number of esters is 1. The summed E-state index contributed by atoms with van der Waals surface area (Å²) >= 11 is 6.32. The summed E-state index contributed by atoms with van der Waals surface area (Å²) in [5, 5.41) is 0.705. The highest BCUT2D eigenvalue weighted by Gasteiger charge is 2.33. The zero-order chi connectivity index (χ0) is 22.9. The second kappa shape index (κ2) is 8.73. The molecule has 0 aliphatic carbocycles. The van der Waals surface area contributed by atoms with Crippen molar-refractivity contribution in [3.05, 3.63) is 99.3 Å². The number of ether oxygens (including phenoxy) is 3. The molecule has 7 heteroatoms. The van der Waals surface area contributed by atoms with Crippen LogP contribution in [0, 0.1) is 0 Å². The molecular weight excluding hydrogens is 442 g/mol. The fourth-order valence-electron chi connectivity index (χ4n) is 3.96. The Morgan fingerprint density at radius 1 is 1.12 bits per heavy atom. The molecule has 0 amide bonds. The molecule has 0 spiro atoms. The maximum atomic E-state index is 13.0. The average Bonchev–Trinajstić information content (AvgIpc) is 3.16. The van der Waals surface area contributed by atoms with E-state index in [1.54, 1.807) is 36.4 Å². The molecule has 5 rings (SSSR count). The van der Waals surface area contributed by atoms with Gasteiger partial charge in [-0.25, -0.2) is 4.79 Å². The molecule has 0 unspecified atom stereocenters. The number of hydrogen-bond donors (Lipinski definition) is 0. The van der Waals surface area contributed by atoms with Gasteiger partial charge >= 0.3 is 5.97 Å². The van der Waals surface area contributed by atoms with Crippen LogP contribution in [0.3, 0.4) is 0 Å². The Morgan fingerprint density at radius 3 is 2.67 bits per heavy atom. The van der Waals surface area contributed by atoms with Gasteiger partial charge in [0.2, 0.25) is 5.78 Å². The molecule has 6 nitrogen and oxygen atoms in total. The summed E-state index contributed by atoms with van der Waals surface area (Å²) in [4.78, 5) is 26.7. The molecule has 2 aliphatic rings. The lowest BCUT2D eigenvalue weighted by molar-refractivity contribution is 0.0600. The van der Waals surface area contributed by atoms with E-state index in [9.17, 15) is 9.59 Å². The monoisotopic (exact) mass is 461 g/mol. The molecule has 166 valence electrons. The number of hydrogen-bond acceptors (Lipinski definition) is 6. The minimum Gasteiger partial charge on any atom is -0.478 e. The molecular formula is C26H20ClNO5. The third-order valence-corrected chi connectivity index (χ3v) is 6.03. The number of Topliss-reactive ketones (excluding diaryl/α,β-unsaturated/α-hetero) is 1. The van der Waals surface area contributed by atoms with Crippen LogP contribution in [-0.4, -0.2) is 30.5 Å². The molecule has 2 aliphatic heterocycles. The molecule has 3 aromatic carbocycles. The predicted octanol–water partition coefficient (Wildman–Crippen LogP) is 5.09. The highest BCUT2D eigenvalue weighted by molar-refractivity contribution is 6.31. The van der Waals surface area contributed by atoms with Crippen molar-refractivity contribution >= 4 is 29.4 Å². The fourth-order valence-corrected chi connectivity index (χ4v) is 4.15. The lowest BCUT2D eigenvalue weighted by atomic mass is 10.0. The smallest absolute Gasteiger partial charge is 0.337 e. The number of carbonyl (C=O) groups is 2. The number of rotatable bonds is 4. The van der Waals surface area contributed by atoms with Gasteiger partial charge in [0.25, 0.3) is 0 Å². The standard InChI is InChI=1S/C26H20ClNO5/c1-31-26(30)17-8-6-16(7-9-17)12-23-24(29)19-10-11-22-20(25(19)33-23)14-28(15-32-22)13-18-4-2-3-5-21(18)27/h2-12H,13-15H2,1H3/b23-12-. The number of carbonyl (C=O) groups excluding carboxylic acids is 2. The summed E-state index contributed by atoms with van der Waals surface area (Å²) in [5.74, 6) is 0.864. The number of ketones is 1. The Kier molecular flexibility index (Phi) is 5.62. The molecule has 0 N–H and O–H groups in total. The summed E-state index contributed by atoms with van der Waals surface area (Å²) in [5.41, 5.74) is 3.53. The molecule has 0 fully saturated rings. The Bertz CT molecular complexity index is 1280. The number of benzene rings is 3. The lowest BCUT2D eigenvalue weighted by Gasteiger charge is -2.30. The van der Waals surface area contributed by atoms with Crippen LogP contribution in [0.25, 0.3) is 6.08 Å². The van der Waals surface area contributed by atoms with Crippen molar-refractivity contribution in [2.45, 2.75) is 13.1 Å². The van der Waals surface area contributed by atoms with Gasteiger partial charge in [0, 0.05) is 18.1 Å². The molecule has 0 saturated carbocycles. The van der Waals surface area contributed by atoms with Gasteiger partial charge in [-0.3, -0.25) is 9.69 Å². The van der Waals surface area contributed by atoms with Gasteiger partial charge in [-0.1, -0.05) is 41.9 Å². The quantitative estimate of drug-likeness (QED) is 0.398. The van der Waals surface area contributed by atoms with Crippen LogP contribution < -0.4 is 9.47 Å². The Labute approximate surface area is 195 Å². The number of methoxy groups -OCH3 is 1. The van der Waals surface area contributed by atoms with Gasteiger partial charge in [-0.2, -0.15) is 0 Å². The summed E-state index contributed by atoms with van der Waals surface area (Å²) in [7, 11) is 1.33. The molecule has 3 aromatic rings. The van der Waals surface area contributed by atoms with E-state index >= 15 is 0 Å². The van der Waals surface area contributed by atoms with Crippen LogP contribution in [0.15, 0.2) is 66.4 Å². The summed E-state index contributed by atoms with van der Waals surface area (Å²) in [6.45, 7) is 1.60. The number of halogens is 1. The van der Waals surface area contributed by atoms with E-state index in [1.165, 1.54) is 7.11 Å². The maximum Gasteiger partial charge on any atom is 0.337 e. The largest absolute Gasteiger partial charge is 0.478 e. The second-order valence-electron chi connectivity index (χ2n) is 7.82. The number of fused-ring (bicyclic) bond motifs is 3. The van der Waals surface area contributed by atoms with Crippen LogP contribution in [0.1, 0.15) is 37.4 Å². The topological polar surface area (TPSA) is 65.1 Å². The van der Waals surface area contributed by atoms with E-state index in [1.807, 2.05) is 30.3 Å². The van der Waals surface area contributed by atoms with Gasteiger partial charge in [0.15, 0.2) is 5.76 Å². The molecule has 0 bridgehead atoms. The van der Waals surface area contributed by atoms with E-state index in [0.29, 0.717) is 47.5 Å². The van der Waals surface area contributed by atoms with Crippen molar-refractivity contribution in [1.82, 2.24) is 4.90 Å². The minimum atomic E-state index is -0.414. The molecule has 0 atom stereocenters. The van der Waals surface area contributed by atoms with Crippen molar-refractivity contribution in [3.8, 4) is 11.5 Å². The van der Waals surface area contributed by atoms with E-state index in [2.05, 4.69) is 4.90 Å². The van der Waals surface area contributed by atoms with Gasteiger partial charge in [-0.05, 0) is 47.5 Å². The summed E-state index contributed by atoms with van der Waals surface area (Å²) in [6, 6.07) is 18.0. The number of nitrogens with zero attached hydrogens (tertiary/aromatic N) is 1. The van der Waals surface area contributed by atoms with E-state index in [0.717, 1.165) is 16.7 Å². The van der Waals surface area contributed by atoms with Gasteiger partial charge in [0.05, 0.1) is 23.8 Å². The molecule has 33 heavy (non-hydrogen) atoms. The molecule has 0 radical (unpaired) electrons. The molecule has 0 aromatic heterocycles. The number of allylic oxidation sites excluding steroid dienone is 1. The lowest BCUT2D eigenvalue weighted by Crippen LogP contribution is -2.31. The summed E-state index contributed by atoms with van der Waals surface area (Å²) in [6.07, 6.45) is 1.67. The highest BCUT2D eigenvalue weighted by atomic mass is 35.5. The van der Waals surface area contributed by atoms with Gasteiger partial charge in [-0.15, -0.1) is 0 Å². The first-order valence-corrected chi connectivity index (χ1v) is 10.8. The SMILES string of the molecule is COC(=O)c1ccc(/C=C2\Oc3c(ccc4c3CN(Cc3ccccc3Cl)CO4)C2=O)cc1.